The molecule has 3 heterocycles. The maximum absolute atomic E-state index is 8.56. The van der Waals surface area contributed by atoms with Gasteiger partial charge in [-0.15, -0.1) is 18.2 Å². The van der Waals surface area contributed by atoms with Gasteiger partial charge >= 0.3 is 128 Å². The Morgan fingerprint density at radius 1 is 0.911 bits per heavy atom. The van der Waals surface area contributed by atoms with E-state index in [1.165, 1.54) is 0 Å². The molecule has 0 spiro atoms. The monoisotopic (exact) mass is 834 g/mol. The Morgan fingerprint density at radius 3 is 2.40 bits per heavy atom. The molecule has 0 bridgehead atoms. The van der Waals surface area contributed by atoms with Crippen molar-refractivity contribution in [2.24, 2.45) is 5.92 Å². The number of hydrogen-bond acceptors (Lipinski definition) is 3. The van der Waals surface area contributed by atoms with Crippen LogP contribution in [0.25, 0.3) is 55.6 Å². The van der Waals surface area contributed by atoms with Gasteiger partial charge in [0.15, 0.2) is 0 Å². The van der Waals surface area contributed by atoms with Crippen LogP contribution in [0.5, 0.6) is 0 Å². The zero-order valence-electron chi connectivity index (χ0n) is 28.6. The van der Waals surface area contributed by atoms with Gasteiger partial charge in [-0.05, 0) is 25.1 Å². The summed E-state index contributed by atoms with van der Waals surface area (Å²) < 4.78 is 26.6. The van der Waals surface area contributed by atoms with Crippen LogP contribution in [-0.4, -0.2) is 27.8 Å². The maximum Gasteiger partial charge on any atom is 0 e. The van der Waals surface area contributed by atoms with Crippen molar-refractivity contribution in [1.29, 1.82) is 0 Å². The molecule has 0 aliphatic rings. The Balaban J connectivity index is 0.000000182. The number of benzene rings is 4. The van der Waals surface area contributed by atoms with E-state index in [1.54, 1.807) is 0 Å². The fourth-order valence-corrected chi connectivity index (χ4v) is 8.57. The number of pyridine rings is 1. The first-order valence-electron chi connectivity index (χ1n) is 16.3. The zero-order valence-corrected chi connectivity index (χ0v) is 31.1. The van der Waals surface area contributed by atoms with Gasteiger partial charge in [-0.25, -0.2) is 0 Å². The van der Waals surface area contributed by atoms with E-state index in [9.17, 15) is 0 Å². The Kier molecular flexibility index (Phi) is 9.29. The number of hydrogen-bond donors (Lipinski definition) is 0. The average Bonchev–Trinajstić information content (AvgIpc) is 3.63. The summed E-state index contributed by atoms with van der Waals surface area (Å²) in [7, 11) is 0. The Hall–Kier alpha value is -3.51. The van der Waals surface area contributed by atoms with Gasteiger partial charge in [-0.3, -0.25) is 4.98 Å². The zero-order chi connectivity index (χ0) is 32.6. The van der Waals surface area contributed by atoms with Crippen molar-refractivity contribution >= 4 is 50.6 Å². The minimum atomic E-state index is -2.20. The molecule has 0 amide bonds. The number of nitrogens with zero attached hydrogens (tertiary/aromatic N) is 3. The molecule has 0 atom stereocenters. The van der Waals surface area contributed by atoms with Crippen LogP contribution in [0.15, 0.2) is 102 Å². The normalized spacial score (nSPS) is 12.5. The van der Waals surface area contributed by atoms with Gasteiger partial charge in [-0.1, -0.05) is 41.3 Å². The van der Waals surface area contributed by atoms with Gasteiger partial charge in [-0.2, -0.15) is 0 Å². The van der Waals surface area contributed by atoms with E-state index >= 15 is 0 Å². The van der Waals surface area contributed by atoms with Crippen molar-refractivity contribution in [3.63, 3.8) is 0 Å². The number of rotatable bonds is 6. The summed E-state index contributed by atoms with van der Waals surface area (Å²) in [5.41, 5.74) is 7.33. The molecule has 6 heteroatoms. The molecule has 0 unspecified atom stereocenters. The van der Waals surface area contributed by atoms with E-state index in [0.717, 1.165) is 72.1 Å². The third-order valence-corrected chi connectivity index (χ3v) is 11.9. The summed E-state index contributed by atoms with van der Waals surface area (Å²) in [6.45, 7) is 6.86. The van der Waals surface area contributed by atoms with Crippen LogP contribution < -0.4 is 4.40 Å². The first kappa shape index (κ1) is 30.2. The fourth-order valence-electron chi connectivity index (χ4n) is 5.63. The van der Waals surface area contributed by atoms with Crippen molar-refractivity contribution in [3.8, 4) is 22.6 Å². The van der Waals surface area contributed by atoms with Crippen LogP contribution in [0.2, 0.25) is 17.3 Å². The third kappa shape index (κ3) is 6.86. The molecular formula is C39H39GeIrN3O-2. The first-order valence-corrected chi connectivity index (χ1v) is 22.6. The first-order chi connectivity index (χ1) is 22.0. The van der Waals surface area contributed by atoms with Crippen molar-refractivity contribution in [1.82, 2.24) is 14.5 Å². The molecule has 0 N–H and O–H groups in total. The van der Waals surface area contributed by atoms with Crippen molar-refractivity contribution < 1.29 is 27.3 Å². The molecule has 4 nitrogen and oxygen atoms in total. The van der Waals surface area contributed by atoms with Crippen LogP contribution in [-0.2, 0) is 33.0 Å². The largest absolute Gasteiger partial charge is 0 e. The van der Waals surface area contributed by atoms with Crippen LogP contribution in [0, 0.1) is 18.1 Å². The quantitative estimate of drug-likeness (QED) is 0.124. The second-order valence-electron chi connectivity index (χ2n) is 12.3. The van der Waals surface area contributed by atoms with E-state index in [4.69, 9.17) is 12.1 Å². The molecule has 3 aromatic heterocycles. The molecule has 0 saturated heterocycles. The van der Waals surface area contributed by atoms with Crippen LogP contribution in [0.3, 0.4) is 0 Å². The number of imidazole rings is 1. The summed E-state index contributed by atoms with van der Waals surface area (Å²) in [5.74, 6) is 7.68. The van der Waals surface area contributed by atoms with E-state index in [1.807, 2.05) is 92.8 Å². The molecule has 0 aliphatic heterocycles. The second-order valence-corrected chi connectivity index (χ2v) is 22.9. The minimum Gasteiger partial charge on any atom is 0 e. The number of furan rings is 1. The minimum absolute atomic E-state index is 0. The molecule has 7 rings (SSSR count). The molecule has 0 aliphatic carbocycles. The molecular weight excluding hydrogens is 791 g/mol. The topological polar surface area (TPSA) is 43.9 Å². The van der Waals surface area contributed by atoms with E-state index < -0.39 is 19.6 Å². The van der Waals surface area contributed by atoms with Crippen molar-refractivity contribution in [2.75, 3.05) is 0 Å². The van der Waals surface area contributed by atoms with Gasteiger partial charge in [0.05, 0.1) is 22.4 Å². The van der Waals surface area contributed by atoms with Gasteiger partial charge in [0, 0.05) is 32.0 Å². The molecule has 1 radical (unpaired) electrons. The SMILES string of the molecule is CCn1c(-c2[c-]ccc3c2oc2ccccc23)nc2ccccc21.[2H]C([2H])(c1cc(-c2[c-]cccc2)nc[c]1[Ge]([CH3])([CH3])[CH3])C(C)C.[Ir]. The summed E-state index contributed by atoms with van der Waals surface area (Å²) in [6, 6.07) is 36.5. The average molecular weight is 833 g/mol. The molecule has 4 aromatic carbocycles. The van der Waals surface area contributed by atoms with E-state index in [0.29, 0.717) is 0 Å². The molecule has 7 aromatic rings. The van der Waals surface area contributed by atoms with Gasteiger partial charge in [0.2, 0.25) is 0 Å². The van der Waals surface area contributed by atoms with Crippen LogP contribution in [0.4, 0.5) is 0 Å². The van der Waals surface area contributed by atoms with E-state index in [-0.39, 0.29) is 26.0 Å². The predicted molar refractivity (Wildman–Crippen MR) is 187 cm³/mol. The van der Waals surface area contributed by atoms with Crippen LogP contribution >= 0.6 is 0 Å². The van der Waals surface area contributed by atoms with Crippen LogP contribution in [0.1, 0.15) is 29.1 Å². The summed E-state index contributed by atoms with van der Waals surface area (Å²) in [5, 5.41) is 2.23. The summed E-state index contributed by atoms with van der Waals surface area (Å²) >= 11 is -2.20. The van der Waals surface area contributed by atoms with Crippen molar-refractivity contribution in [2.45, 2.75) is 51.0 Å². The van der Waals surface area contributed by atoms with Gasteiger partial charge in [0.1, 0.15) is 5.58 Å². The van der Waals surface area contributed by atoms with E-state index in [2.05, 4.69) is 64.1 Å². The molecule has 45 heavy (non-hydrogen) atoms. The fraction of sp³-hybridized carbons (Fsp3) is 0.231. The number of para-hydroxylation sites is 3. The number of aromatic nitrogens is 3. The molecule has 0 fully saturated rings. The Bertz CT molecular complexity index is 2150. The second kappa shape index (κ2) is 13.9. The van der Waals surface area contributed by atoms with Crippen molar-refractivity contribution in [3.05, 3.63) is 115 Å². The van der Waals surface area contributed by atoms with Gasteiger partial charge < -0.3 is 8.98 Å². The number of aryl methyl sites for hydroxylation is 1. The third-order valence-electron chi connectivity index (χ3n) is 7.67. The summed E-state index contributed by atoms with van der Waals surface area (Å²) in [6.07, 6.45) is 0.562. The molecule has 0 saturated carbocycles. The maximum atomic E-state index is 8.56. The Morgan fingerprint density at radius 2 is 1.67 bits per heavy atom. The standard InChI is InChI=1S/C21H15N2O.C18H24GeN.Ir/c1-2-23-18-12-5-4-11-17(18)22-21(23)16-10-7-9-15-14-8-3-6-13-19(14)24-20(15)16;1-14(2)11-16-12-18(15-9-7-6-8-10-15)20-13-17(16)19(3,4)5;/h3-9,11-13H,2H2,1H3;6-9,12-14H,11H2,1-5H3;/q2*-1;/i;11D2;. The Labute approximate surface area is 285 Å². The number of fused-ring (bicyclic) bond motifs is 4. The smallest absolute Gasteiger partial charge is 0 e. The molecule has 231 valence electrons. The predicted octanol–water partition coefficient (Wildman–Crippen LogP) is 9.71. The van der Waals surface area contributed by atoms with Gasteiger partial charge in [0.25, 0.3) is 0 Å². The summed E-state index contributed by atoms with van der Waals surface area (Å²) in [4.78, 5) is 9.44.